The average molecular weight is 628 g/mol. The van der Waals surface area contributed by atoms with Crippen molar-refractivity contribution < 1.29 is 21.6 Å². The van der Waals surface area contributed by atoms with E-state index in [0.29, 0.717) is 36.9 Å². The van der Waals surface area contributed by atoms with E-state index in [1.54, 1.807) is 19.9 Å². The molecule has 216 valence electrons. The SMILES string of the molecule is CCN(CC)c1ccc(S(=O)(=O)N(CC)CC)cc1NC(=O)c1ccc(Cl)c(S(=O)(=O)Nc2ccc(Cl)cc2)c1. The lowest BCUT2D eigenvalue weighted by molar-refractivity contribution is 0.102. The fraction of sp³-hybridized carbons (Fsp3) is 0.296. The Labute approximate surface area is 246 Å². The summed E-state index contributed by atoms with van der Waals surface area (Å²) >= 11 is 12.1. The van der Waals surface area contributed by atoms with Gasteiger partial charge in [-0.05, 0) is 74.5 Å². The number of carbonyl (C=O) groups is 1. The third kappa shape index (κ3) is 7.08. The van der Waals surface area contributed by atoms with Gasteiger partial charge in [0, 0.05) is 42.5 Å². The molecule has 9 nitrogen and oxygen atoms in total. The molecule has 0 unspecified atom stereocenters. The van der Waals surface area contributed by atoms with Crippen LogP contribution >= 0.6 is 23.2 Å². The molecule has 3 rings (SSSR count). The van der Waals surface area contributed by atoms with E-state index in [4.69, 9.17) is 23.2 Å². The average Bonchev–Trinajstić information content (AvgIpc) is 2.91. The Morgan fingerprint density at radius 3 is 2.00 bits per heavy atom. The van der Waals surface area contributed by atoms with E-state index in [-0.39, 0.29) is 31.8 Å². The number of halogens is 2. The van der Waals surface area contributed by atoms with Crippen molar-refractivity contribution in [3.05, 3.63) is 76.3 Å². The molecule has 40 heavy (non-hydrogen) atoms. The Hall–Kier alpha value is -2.83. The molecule has 0 spiro atoms. The first-order valence-electron chi connectivity index (χ1n) is 12.7. The maximum atomic E-state index is 13.4. The van der Waals surface area contributed by atoms with Crippen LogP contribution in [0.25, 0.3) is 0 Å². The molecule has 0 radical (unpaired) electrons. The normalized spacial score (nSPS) is 11.9. The lowest BCUT2D eigenvalue weighted by Crippen LogP contribution is -2.31. The maximum Gasteiger partial charge on any atom is 0.263 e. The van der Waals surface area contributed by atoms with E-state index < -0.39 is 26.0 Å². The highest BCUT2D eigenvalue weighted by Gasteiger charge is 2.25. The third-order valence-corrected chi connectivity index (χ3v) is 10.4. The van der Waals surface area contributed by atoms with Crippen molar-refractivity contribution in [2.75, 3.05) is 41.1 Å². The topological polar surface area (TPSA) is 116 Å². The van der Waals surface area contributed by atoms with E-state index in [0.717, 1.165) is 0 Å². The Morgan fingerprint density at radius 2 is 1.43 bits per heavy atom. The van der Waals surface area contributed by atoms with Crippen LogP contribution in [0.3, 0.4) is 0 Å². The van der Waals surface area contributed by atoms with Gasteiger partial charge in [0.2, 0.25) is 10.0 Å². The number of sulfonamides is 2. The summed E-state index contributed by atoms with van der Waals surface area (Å²) in [6.45, 7) is 9.21. The van der Waals surface area contributed by atoms with E-state index in [9.17, 15) is 21.6 Å². The number of anilines is 3. The van der Waals surface area contributed by atoms with E-state index in [2.05, 4.69) is 10.0 Å². The standard InChI is InChI=1S/C27H32Cl2N4O5S2/c1-5-32(6-2)25-16-14-22(40(37,38)33(7-3)8-4)18-24(25)30-27(34)19-9-15-23(29)26(17-19)39(35,36)31-21-12-10-20(28)11-13-21/h9-18,31H,5-8H2,1-4H3,(H,30,34). The highest BCUT2D eigenvalue weighted by atomic mass is 35.5. The second-order valence-corrected chi connectivity index (χ2v) is 13.1. The molecule has 0 aliphatic rings. The molecule has 0 heterocycles. The summed E-state index contributed by atoms with van der Waals surface area (Å²) in [5, 5.41) is 3.15. The number of carbonyl (C=O) groups excluding carboxylic acids is 1. The summed E-state index contributed by atoms with van der Waals surface area (Å²) < 4.78 is 56.3. The van der Waals surface area contributed by atoms with Gasteiger partial charge in [-0.25, -0.2) is 16.8 Å². The lowest BCUT2D eigenvalue weighted by Gasteiger charge is -2.26. The van der Waals surface area contributed by atoms with Crippen LogP contribution in [0.4, 0.5) is 17.1 Å². The molecule has 3 aromatic rings. The van der Waals surface area contributed by atoms with Crippen molar-refractivity contribution in [1.82, 2.24) is 4.31 Å². The van der Waals surface area contributed by atoms with E-state index in [1.807, 2.05) is 18.7 Å². The molecule has 0 saturated carbocycles. The summed E-state index contributed by atoms with van der Waals surface area (Å²) in [5.41, 5.74) is 1.19. The monoisotopic (exact) mass is 626 g/mol. The molecule has 0 atom stereocenters. The number of hydrogen-bond acceptors (Lipinski definition) is 6. The number of nitrogens with zero attached hydrogens (tertiary/aromatic N) is 2. The van der Waals surface area contributed by atoms with Gasteiger partial charge < -0.3 is 10.2 Å². The number of nitrogens with one attached hydrogen (secondary N) is 2. The smallest absolute Gasteiger partial charge is 0.263 e. The number of rotatable bonds is 12. The summed E-state index contributed by atoms with van der Waals surface area (Å²) in [6.07, 6.45) is 0. The Bertz CT molecular complexity index is 1570. The van der Waals surface area contributed by atoms with E-state index >= 15 is 0 Å². The molecule has 0 bridgehead atoms. The predicted octanol–water partition coefficient (Wildman–Crippen LogP) is 5.92. The molecule has 0 saturated heterocycles. The van der Waals surface area contributed by atoms with Crippen LogP contribution in [0.15, 0.2) is 70.5 Å². The molecular weight excluding hydrogens is 595 g/mol. The first-order valence-corrected chi connectivity index (χ1v) is 16.3. The van der Waals surface area contributed by atoms with Gasteiger partial charge >= 0.3 is 0 Å². The molecular formula is C27H32Cl2N4O5S2. The maximum absolute atomic E-state index is 13.4. The molecule has 3 aromatic carbocycles. The van der Waals surface area contributed by atoms with Gasteiger partial charge in [0.25, 0.3) is 15.9 Å². The van der Waals surface area contributed by atoms with Gasteiger partial charge in [-0.15, -0.1) is 0 Å². The summed E-state index contributed by atoms with van der Waals surface area (Å²) in [5.74, 6) is -0.634. The zero-order chi connectivity index (χ0) is 29.7. The largest absolute Gasteiger partial charge is 0.370 e. The Balaban J connectivity index is 2.01. The number of amides is 1. The van der Waals surface area contributed by atoms with Crippen molar-refractivity contribution in [1.29, 1.82) is 0 Å². The first-order chi connectivity index (χ1) is 18.9. The number of hydrogen-bond donors (Lipinski definition) is 2. The van der Waals surface area contributed by atoms with Crippen LogP contribution in [0.2, 0.25) is 10.0 Å². The number of benzene rings is 3. The van der Waals surface area contributed by atoms with Crippen molar-refractivity contribution in [3.63, 3.8) is 0 Å². The fourth-order valence-electron chi connectivity index (χ4n) is 4.10. The lowest BCUT2D eigenvalue weighted by atomic mass is 10.2. The molecule has 0 aliphatic heterocycles. The van der Waals surface area contributed by atoms with Gasteiger partial charge in [-0.1, -0.05) is 37.0 Å². The molecule has 2 N–H and O–H groups in total. The molecule has 13 heteroatoms. The summed E-state index contributed by atoms with van der Waals surface area (Å²) in [7, 11) is -7.95. The molecule has 0 aromatic heterocycles. The van der Waals surface area contributed by atoms with Gasteiger partial charge in [0.1, 0.15) is 4.90 Å². The Morgan fingerprint density at radius 1 is 0.800 bits per heavy atom. The highest BCUT2D eigenvalue weighted by Crippen LogP contribution is 2.32. The minimum atomic E-state index is -4.15. The Kier molecular flexibility index (Phi) is 10.5. The van der Waals surface area contributed by atoms with Gasteiger partial charge in [-0.3, -0.25) is 9.52 Å². The third-order valence-electron chi connectivity index (χ3n) is 6.24. The van der Waals surface area contributed by atoms with Gasteiger partial charge in [-0.2, -0.15) is 4.31 Å². The molecule has 0 aliphatic carbocycles. The van der Waals surface area contributed by atoms with Crippen molar-refractivity contribution >= 4 is 66.2 Å². The van der Waals surface area contributed by atoms with Crippen molar-refractivity contribution in [3.8, 4) is 0 Å². The van der Waals surface area contributed by atoms with Crippen molar-refractivity contribution in [2.45, 2.75) is 37.5 Å². The minimum absolute atomic E-state index is 0.0170. The molecule has 1 amide bonds. The van der Waals surface area contributed by atoms with E-state index in [1.165, 1.54) is 58.9 Å². The zero-order valence-corrected chi connectivity index (χ0v) is 25.8. The minimum Gasteiger partial charge on any atom is -0.370 e. The quantitative estimate of drug-likeness (QED) is 0.258. The van der Waals surface area contributed by atoms with Crippen LogP contribution in [-0.2, 0) is 20.0 Å². The van der Waals surface area contributed by atoms with Crippen LogP contribution < -0.4 is 14.9 Å². The molecule has 0 fully saturated rings. The van der Waals surface area contributed by atoms with Crippen molar-refractivity contribution in [2.24, 2.45) is 0 Å². The highest BCUT2D eigenvalue weighted by molar-refractivity contribution is 7.92. The second kappa shape index (κ2) is 13.2. The second-order valence-electron chi connectivity index (χ2n) is 8.65. The summed E-state index contributed by atoms with van der Waals surface area (Å²) in [4.78, 5) is 15.1. The van der Waals surface area contributed by atoms with Crippen LogP contribution in [0, 0.1) is 0 Å². The van der Waals surface area contributed by atoms with Crippen LogP contribution in [0.5, 0.6) is 0 Å². The van der Waals surface area contributed by atoms with Gasteiger partial charge in [0.05, 0.1) is 21.3 Å². The fourth-order valence-corrected chi connectivity index (χ4v) is 7.30. The van der Waals surface area contributed by atoms with Crippen LogP contribution in [-0.4, -0.2) is 53.2 Å². The summed E-state index contributed by atoms with van der Waals surface area (Å²) in [6, 6.07) is 14.6. The zero-order valence-electron chi connectivity index (χ0n) is 22.6. The van der Waals surface area contributed by atoms with Crippen LogP contribution in [0.1, 0.15) is 38.1 Å². The predicted molar refractivity (Wildman–Crippen MR) is 162 cm³/mol. The van der Waals surface area contributed by atoms with Gasteiger partial charge in [0.15, 0.2) is 0 Å². The first kappa shape index (κ1) is 31.7.